The molecule has 0 radical (unpaired) electrons. The van der Waals surface area contributed by atoms with E-state index in [0.29, 0.717) is 11.4 Å². The quantitative estimate of drug-likeness (QED) is 0.808. The third kappa shape index (κ3) is 4.80. The van der Waals surface area contributed by atoms with Crippen molar-refractivity contribution in [2.45, 2.75) is 30.4 Å². The highest BCUT2D eigenvalue weighted by Crippen LogP contribution is 2.27. The molecule has 0 fully saturated rings. The zero-order valence-electron chi connectivity index (χ0n) is 12.0. The molecule has 4 heteroatoms. The van der Waals surface area contributed by atoms with E-state index in [1.807, 2.05) is 38.1 Å². The molecule has 1 unspecified atom stereocenters. The van der Waals surface area contributed by atoms with Gasteiger partial charge >= 0.3 is 5.97 Å². The lowest BCUT2D eigenvalue weighted by Crippen LogP contribution is -2.19. The summed E-state index contributed by atoms with van der Waals surface area (Å²) >= 11 is 7.20. The third-order valence-corrected chi connectivity index (χ3v) is 4.52. The maximum atomic E-state index is 11.5. The molecule has 0 heterocycles. The van der Waals surface area contributed by atoms with E-state index >= 15 is 0 Å². The van der Waals surface area contributed by atoms with Gasteiger partial charge in [0.2, 0.25) is 0 Å². The lowest BCUT2D eigenvalue weighted by atomic mass is 10.0. The van der Waals surface area contributed by atoms with Gasteiger partial charge < -0.3 is 5.11 Å². The minimum Gasteiger partial charge on any atom is -0.480 e. The van der Waals surface area contributed by atoms with Gasteiger partial charge in [0.1, 0.15) is 5.25 Å². The number of hydrogen-bond acceptors (Lipinski definition) is 2. The monoisotopic (exact) mass is 320 g/mol. The Hall–Kier alpha value is -1.45. The first-order valence-electron chi connectivity index (χ1n) is 6.66. The highest BCUT2D eigenvalue weighted by atomic mass is 35.5. The van der Waals surface area contributed by atoms with Crippen molar-refractivity contribution >= 4 is 29.3 Å². The van der Waals surface area contributed by atoms with E-state index in [1.165, 1.54) is 11.8 Å². The van der Waals surface area contributed by atoms with E-state index in [1.54, 1.807) is 12.1 Å². The van der Waals surface area contributed by atoms with Crippen LogP contribution in [0.25, 0.3) is 0 Å². The summed E-state index contributed by atoms with van der Waals surface area (Å²) in [5.41, 5.74) is 3.37. The van der Waals surface area contributed by atoms with Crippen molar-refractivity contribution in [3.05, 3.63) is 64.2 Å². The van der Waals surface area contributed by atoms with Crippen molar-refractivity contribution < 1.29 is 9.90 Å². The fraction of sp³-hybridized carbons (Fsp3) is 0.235. The number of rotatable bonds is 5. The van der Waals surface area contributed by atoms with Gasteiger partial charge in [0, 0.05) is 9.92 Å². The van der Waals surface area contributed by atoms with E-state index in [9.17, 15) is 9.90 Å². The van der Waals surface area contributed by atoms with Crippen molar-refractivity contribution in [2.75, 3.05) is 0 Å². The Morgan fingerprint density at radius 1 is 1.14 bits per heavy atom. The molecule has 21 heavy (non-hydrogen) atoms. The number of carboxylic acid groups (broad SMARTS) is 1. The van der Waals surface area contributed by atoms with Crippen molar-refractivity contribution in [1.82, 2.24) is 0 Å². The smallest absolute Gasteiger partial charge is 0.317 e. The molecule has 0 aliphatic heterocycles. The number of aryl methyl sites for hydroxylation is 2. The fourth-order valence-electron chi connectivity index (χ4n) is 2.26. The van der Waals surface area contributed by atoms with Crippen LogP contribution in [0.5, 0.6) is 0 Å². The third-order valence-electron chi connectivity index (χ3n) is 3.07. The van der Waals surface area contributed by atoms with Crippen LogP contribution in [-0.4, -0.2) is 16.3 Å². The van der Waals surface area contributed by atoms with Crippen LogP contribution in [-0.2, 0) is 11.2 Å². The maximum absolute atomic E-state index is 11.5. The molecule has 2 rings (SSSR count). The van der Waals surface area contributed by atoms with Crippen molar-refractivity contribution in [2.24, 2.45) is 0 Å². The van der Waals surface area contributed by atoms with Crippen LogP contribution in [0.4, 0.5) is 0 Å². The molecular formula is C17H17ClO2S. The molecule has 2 nitrogen and oxygen atoms in total. The van der Waals surface area contributed by atoms with E-state index in [-0.39, 0.29) is 0 Å². The van der Waals surface area contributed by atoms with Gasteiger partial charge in [-0.3, -0.25) is 4.79 Å². The molecule has 0 aliphatic carbocycles. The topological polar surface area (TPSA) is 37.3 Å². The summed E-state index contributed by atoms with van der Waals surface area (Å²) in [7, 11) is 0. The second kappa shape index (κ2) is 7.01. The number of aliphatic carboxylic acids is 1. The zero-order chi connectivity index (χ0) is 15.4. The Morgan fingerprint density at radius 2 is 1.71 bits per heavy atom. The Balaban J connectivity index is 2.15. The molecule has 0 saturated carbocycles. The lowest BCUT2D eigenvalue weighted by Gasteiger charge is -2.13. The molecule has 1 atom stereocenters. The minimum atomic E-state index is -0.797. The first kappa shape index (κ1) is 15.9. The van der Waals surface area contributed by atoms with Crippen molar-refractivity contribution in [1.29, 1.82) is 0 Å². The summed E-state index contributed by atoms with van der Waals surface area (Å²) < 4.78 is 0. The fourth-order valence-corrected chi connectivity index (χ4v) is 3.38. The summed E-state index contributed by atoms with van der Waals surface area (Å²) in [5.74, 6) is -0.797. The Kier molecular flexibility index (Phi) is 5.32. The van der Waals surface area contributed by atoms with E-state index < -0.39 is 11.2 Å². The van der Waals surface area contributed by atoms with Gasteiger partial charge in [0.15, 0.2) is 0 Å². The molecule has 0 aliphatic rings. The van der Waals surface area contributed by atoms with Gasteiger partial charge in [-0.05, 0) is 50.1 Å². The molecular weight excluding hydrogens is 304 g/mol. The Bertz CT molecular complexity index is 617. The number of thioether (sulfide) groups is 1. The predicted molar refractivity (Wildman–Crippen MR) is 88.4 cm³/mol. The first-order valence-corrected chi connectivity index (χ1v) is 7.92. The molecule has 2 aromatic rings. The molecule has 0 spiro atoms. The van der Waals surface area contributed by atoms with Crippen LogP contribution in [0.2, 0.25) is 5.02 Å². The average Bonchev–Trinajstić information content (AvgIpc) is 2.39. The van der Waals surface area contributed by atoms with Gasteiger partial charge in [-0.15, -0.1) is 11.8 Å². The van der Waals surface area contributed by atoms with Crippen LogP contribution in [0.3, 0.4) is 0 Å². The van der Waals surface area contributed by atoms with Gasteiger partial charge in [-0.1, -0.05) is 40.9 Å². The van der Waals surface area contributed by atoms with Crippen LogP contribution in [0.1, 0.15) is 16.7 Å². The zero-order valence-corrected chi connectivity index (χ0v) is 13.5. The van der Waals surface area contributed by atoms with Gasteiger partial charge in [0.25, 0.3) is 0 Å². The number of benzene rings is 2. The van der Waals surface area contributed by atoms with Gasteiger partial charge in [0.05, 0.1) is 0 Å². The normalized spacial score (nSPS) is 12.1. The molecule has 0 amide bonds. The van der Waals surface area contributed by atoms with Gasteiger partial charge in [-0.25, -0.2) is 0 Å². The molecule has 0 bridgehead atoms. The number of halogens is 1. The largest absolute Gasteiger partial charge is 0.480 e. The van der Waals surface area contributed by atoms with Crippen LogP contribution >= 0.6 is 23.4 Å². The van der Waals surface area contributed by atoms with Gasteiger partial charge in [-0.2, -0.15) is 0 Å². The molecule has 2 aromatic carbocycles. The Labute approximate surface area is 134 Å². The van der Waals surface area contributed by atoms with E-state index in [4.69, 9.17) is 11.6 Å². The highest BCUT2D eigenvalue weighted by molar-refractivity contribution is 8.00. The van der Waals surface area contributed by atoms with Crippen LogP contribution in [0, 0.1) is 13.8 Å². The standard InChI is InChI=1S/C17H17ClO2S/c1-11-7-12(2)9-13(8-11)10-16(17(19)20)21-15-5-3-14(18)4-6-15/h3-9,16H,10H2,1-2H3,(H,19,20). The number of hydrogen-bond donors (Lipinski definition) is 1. The Morgan fingerprint density at radius 3 is 2.24 bits per heavy atom. The number of carbonyl (C=O) groups is 1. The second-order valence-corrected chi connectivity index (χ2v) is 6.81. The summed E-state index contributed by atoms with van der Waals surface area (Å²) in [6.07, 6.45) is 0.505. The number of carboxylic acids is 1. The van der Waals surface area contributed by atoms with E-state index in [2.05, 4.69) is 6.07 Å². The van der Waals surface area contributed by atoms with E-state index in [0.717, 1.165) is 21.6 Å². The summed E-state index contributed by atoms with van der Waals surface area (Å²) in [4.78, 5) is 12.4. The second-order valence-electron chi connectivity index (χ2n) is 5.10. The predicted octanol–water partition coefficient (Wildman–Crippen LogP) is 4.74. The van der Waals surface area contributed by atoms with Crippen LogP contribution < -0.4 is 0 Å². The summed E-state index contributed by atoms with van der Waals surface area (Å²) in [6.45, 7) is 4.05. The summed E-state index contributed by atoms with van der Waals surface area (Å²) in [6, 6.07) is 13.4. The lowest BCUT2D eigenvalue weighted by molar-refractivity contribution is -0.136. The minimum absolute atomic E-state index is 0.505. The SMILES string of the molecule is Cc1cc(C)cc(CC(Sc2ccc(Cl)cc2)C(=O)O)c1. The average molecular weight is 321 g/mol. The summed E-state index contributed by atoms with van der Waals surface area (Å²) in [5, 5.41) is 9.59. The maximum Gasteiger partial charge on any atom is 0.317 e. The van der Waals surface area contributed by atoms with Crippen molar-refractivity contribution in [3.8, 4) is 0 Å². The highest BCUT2D eigenvalue weighted by Gasteiger charge is 2.19. The first-order chi connectivity index (χ1) is 9.94. The molecule has 0 saturated heterocycles. The molecule has 0 aromatic heterocycles. The van der Waals surface area contributed by atoms with Crippen LogP contribution in [0.15, 0.2) is 47.4 Å². The molecule has 110 valence electrons. The van der Waals surface area contributed by atoms with Crippen molar-refractivity contribution in [3.63, 3.8) is 0 Å². The molecule has 1 N–H and O–H groups in total.